The molecule has 2 N–H and O–H groups in total. The summed E-state index contributed by atoms with van der Waals surface area (Å²) in [4.78, 5) is 8.61. The van der Waals surface area contributed by atoms with E-state index in [9.17, 15) is 22.9 Å². The summed E-state index contributed by atoms with van der Waals surface area (Å²) in [6.45, 7) is 0. The van der Waals surface area contributed by atoms with Crippen molar-refractivity contribution >= 4 is 31.6 Å². The number of rotatable bonds is 2. The Morgan fingerprint density at radius 1 is 1.47 bits per heavy atom. The van der Waals surface area contributed by atoms with Crippen molar-refractivity contribution in [1.29, 1.82) is 0 Å². The van der Waals surface area contributed by atoms with Crippen LogP contribution in [0.25, 0.3) is 0 Å². The molecule has 1 aromatic carbocycles. The van der Waals surface area contributed by atoms with E-state index in [1.54, 1.807) is 0 Å². The van der Waals surface area contributed by atoms with Gasteiger partial charge in [-0.15, -0.1) is 0 Å². The number of sulfonamides is 1. The smallest absolute Gasteiger partial charge is 0.258 e. The predicted octanol–water partition coefficient (Wildman–Crippen LogP) is 1.14. The lowest BCUT2D eigenvalue weighted by Crippen LogP contribution is -2.14. The lowest BCUT2D eigenvalue weighted by molar-refractivity contribution is -0.385. The molecular weight excluding hydrogens is 295 g/mol. The van der Waals surface area contributed by atoms with E-state index in [-0.39, 0.29) is 4.47 Å². The molecule has 1 aromatic rings. The number of nitro groups is 1. The SMILES string of the molecule is NS(=O)(=O)c1cc([N+](=O)[O-])cc(Br)c1F. The minimum atomic E-state index is -4.32. The highest BCUT2D eigenvalue weighted by Gasteiger charge is 2.22. The standard InChI is InChI=1S/C6H4BrFN2O4S/c7-4-1-3(10(11)12)2-5(6(4)8)15(9,13)14/h1-2H,(H2,9,13,14). The van der Waals surface area contributed by atoms with Crippen molar-refractivity contribution in [2.45, 2.75) is 4.90 Å². The van der Waals surface area contributed by atoms with Gasteiger partial charge in [0.05, 0.1) is 9.40 Å². The molecule has 0 atom stereocenters. The molecule has 0 heterocycles. The highest BCUT2D eigenvalue weighted by Crippen LogP contribution is 2.27. The van der Waals surface area contributed by atoms with E-state index >= 15 is 0 Å². The second kappa shape index (κ2) is 3.83. The van der Waals surface area contributed by atoms with Gasteiger partial charge < -0.3 is 0 Å². The fourth-order valence-electron chi connectivity index (χ4n) is 0.863. The lowest BCUT2D eigenvalue weighted by atomic mass is 10.3. The molecule has 0 amide bonds. The lowest BCUT2D eigenvalue weighted by Gasteiger charge is -2.02. The summed E-state index contributed by atoms with van der Waals surface area (Å²) in [6, 6.07) is 1.42. The zero-order valence-electron chi connectivity index (χ0n) is 6.98. The van der Waals surface area contributed by atoms with Gasteiger partial charge in [-0.3, -0.25) is 10.1 Å². The third kappa shape index (κ3) is 2.49. The van der Waals surface area contributed by atoms with Crippen LogP contribution in [-0.2, 0) is 10.0 Å². The molecule has 1 rings (SSSR count). The number of halogens is 2. The Hall–Kier alpha value is -1.06. The van der Waals surface area contributed by atoms with E-state index in [1.165, 1.54) is 0 Å². The van der Waals surface area contributed by atoms with Crippen LogP contribution in [0.15, 0.2) is 21.5 Å². The van der Waals surface area contributed by atoms with Crippen molar-refractivity contribution in [3.05, 3.63) is 32.5 Å². The monoisotopic (exact) mass is 298 g/mol. The molecule has 0 aliphatic rings. The van der Waals surface area contributed by atoms with Crippen LogP contribution >= 0.6 is 15.9 Å². The first-order chi connectivity index (χ1) is 6.73. The summed E-state index contributed by atoms with van der Waals surface area (Å²) in [5, 5.41) is 15.1. The number of hydrogen-bond acceptors (Lipinski definition) is 4. The molecule has 0 radical (unpaired) electrons. The fourth-order valence-corrected chi connectivity index (χ4v) is 2.09. The molecule has 0 aliphatic heterocycles. The Labute approximate surface area is 92.2 Å². The highest BCUT2D eigenvalue weighted by molar-refractivity contribution is 9.10. The zero-order valence-corrected chi connectivity index (χ0v) is 9.38. The van der Waals surface area contributed by atoms with Crippen LogP contribution < -0.4 is 5.14 Å². The number of benzene rings is 1. The van der Waals surface area contributed by atoms with Gasteiger partial charge in [0.1, 0.15) is 4.90 Å². The maximum absolute atomic E-state index is 13.2. The summed E-state index contributed by atoms with van der Waals surface area (Å²) in [5.41, 5.74) is -0.563. The summed E-state index contributed by atoms with van der Waals surface area (Å²) in [5.74, 6) is -1.15. The van der Waals surface area contributed by atoms with E-state index in [2.05, 4.69) is 21.1 Å². The molecule has 0 saturated heterocycles. The quantitative estimate of drug-likeness (QED) is 0.653. The van der Waals surface area contributed by atoms with E-state index < -0.39 is 31.3 Å². The fraction of sp³-hybridized carbons (Fsp3) is 0. The number of primary sulfonamides is 1. The van der Waals surface area contributed by atoms with Gasteiger partial charge in [0.15, 0.2) is 5.82 Å². The summed E-state index contributed by atoms with van der Waals surface area (Å²) in [7, 11) is -4.32. The van der Waals surface area contributed by atoms with Gasteiger partial charge >= 0.3 is 0 Å². The third-order valence-electron chi connectivity index (χ3n) is 1.50. The zero-order chi connectivity index (χ0) is 11.8. The average molecular weight is 299 g/mol. The van der Waals surface area contributed by atoms with Crippen LogP contribution in [0.3, 0.4) is 0 Å². The molecule has 0 unspecified atom stereocenters. The maximum atomic E-state index is 13.2. The third-order valence-corrected chi connectivity index (χ3v) is 2.98. The molecule has 9 heteroatoms. The van der Waals surface area contributed by atoms with Crippen molar-refractivity contribution in [2.24, 2.45) is 5.14 Å². The van der Waals surface area contributed by atoms with Crippen molar-refractivity contribution in [3.8, 4) is 0 Å². The van der Waals surface area contributed by atoms with Gasteiger partial charge in [-0.05, 0) is 15.9 Å². The van der Waals surface area contributed by atoms with Crippen LogP contribution in [0.2, 0.25) is 0 Å². The van der Waals surface area contributed by atoms with Crippen LogP contribution in [0.5, 0.6) is 0 Å². The Morgan fingerprint density at radius 2 is 2.00 bits per heavy atom. The largest absolute Gasteiger partial charge is 0.272 e. The van der Waals surface area contributed by atoms with Crippen LogP contribution in [0.4, 0.5) is 10.1 Å². The highest BCUT2D eigenvalue weighted by atomic mass is 79.9. The van der Waals surface area contributed by atoms with Gasteiger partial charge in [0.2, 0.25) is 10.0 Å². The molecule has 0 bridgehead atoms. The van der Waals surface area contributed by atoms with Gasteiger partial charge in [0, 0.05) is 12.1 Å². The topological polar surface area (TPSA) is 103 Å². The van der Waals surface area contributed by atoms with Crippen molar-refractivity contribution < 1.29 is 17.7 Å². The molecule has 0 aliphatic carbocycles. The first-order valence-corrected chi connectivity index (χ1v) is 5.73. The molecule has 0 aromatic heterocycles. The number of nitrogens with zero attached hydrogens (tertiary/aromatic N) is 1. The Morgan fingerprint density at radius 3 is 2.40 bits per heavy atom. The van der Waals surface area contributed by atoms with Crippen molar-refractivity contribution in [2.75, 3.05) is 0 Å². The first-order valence-electron chi connectivity index (χ1n) is 3.39. The Kier molecular flexibility index (Phi) is 3.07. The van der Waals surface area contributed by atoms with Crippen LogP contribution in [0, 0.1) is 15.9 Å². The van der Waals surface area contributed by atoms with E-state index in [4.69, 9.17) is 0 Å². The minimum absolute atomic E-state index is 0.333. The Balaban J connectivity index is 3.59. The van der Waals surface area contributed by atoms with Crippen LogP contribution in [0.1, 0.15) is 0 Å². The number of hydrogen-bond donors (Lipinski definition) is 1. The molecule has 0 fully saturated rings. The Bertz CT molecular complexity index is 530. The molecular formula is C6H4BrFN2O4S. The number of non-ortho nitro benzene ring substituents is 1. The number of nitrogens with two attached hydrogens (primary N) is 1. The minimum Gasteiger partial charge on any atom is -0.258 e. The summed E-state index contributed by atoms with van der Waals surface area (Å²) in [6.07, 6.45) is 0. The second-order valence-electron chi connectivity index (χ2n) is 2.54. The van der Waals surface area contributed by atoms with Crippen LogP contribution in [-0.4, -0.2) is 13.3 Å². The predicted molar refractivity (Wildman–Crippen MR) is 52.1 cm³/mol. The summed E-state index contributed by atoms with van der Waals surface area (Å²) < 4.78 is 34.6. The molecule has 6 nitrogen and oxygen atoms in total. The normalized spacial score (nSPS) is 11.4. The second-order valence-corrected chi connectivity index (χ2v) is 4.93. The van der Waals surface area contributed by atoms with E-state index in [0.29, 0.717) is 6.07 Å². The van der Waals surface area contributed by atoms with Crippen molar-refractivity contribution in [1.82, 2.24) is 0 Å². The van der Waals surface area contributed by atoms with Gasteiger partial charge in [-0.2, -0.15) is 0 Å². The van der Waals surface area contributed by atoms with E-state index in [1.807, 2.05) is 0 Å². The van der Waals surface area contributed by atoms with E-state index in [0.717, 1.165) is 6.07 Å². The molecule has 0 spiro atoms. The average Bonchev–Trinajstić information content (AvgIpc) is 2.06. The molecule has 15 heavy (non-hydrogen) atoms. The van der Waals surface area contributed by atoms with Gasteiger partial charge in [-0.1, -0.05) is 0 Å². The van der Waals surface area contributed by atoms with Gasteiger partial charge in [-0.25, -0.2) is 17.9 Å². The van der Waals surface area contributed by atoms with Crippen molar-refractivity contribution in [3.63, 3.8) is 0 Å². The van der Waals surface area contributed by atoms with Gasteiger partial charge in [0.25, 0.3) is 5.69 Å². The summed E-state index contributed by atoms with van der Waals surface area (Å²) >= 11 is 2.66. The maximum Gasteiger partial charge on any atom is 0.272 e. The first kappa shape index (κ1) is 12.0. The molecule has 82 valence electrons. The molecule has 0 saturated carbocycles. The number of nitro benzene ring substituents is 1.